The molecule has 2 N–H and O–H groups in total. The van der Waals surface area contributed by atoms with Crippen LogP contribution in [0.4, 0.5) is 4.39 Å². The van der Waals surface area contributed by atoms with E-state index in [1.807, 2.05) is 25.3 Å². The average Bonchev–Trinajstić information content (AvgIpc) is 2.51. The molecule has 0 aromatic carbocycles. The van der Waals surface area contributed by atoms with Gasteiger partial charge in [-0.25, -0.2) is 0 Å². The molecule has 1 aromatic rings. The molecule has 1 aromatic heterocycles. The van der Waals surface area contributed by atoms with Crippen molar-refractivity contribution in [3.05, 3.63) is 21.9 Å². The lowest BCUT2D eigenvalue weighted by molar-refractivity contribution is 0.338. The fraction of sp³-hybridized carbons (Fsp3) is 0.556. The number of halogens is 1. The van der Waals surface area contributed by atoms with E-state index >= 15 is 0 Å². The van der Waals surface area contributed by atoms with Crippen molar-refractivity contribution in [1.82, 2.24) is 0 Å². The number of aryl methyl sites for hydroxylation is 1. The Morgan fingerprint density at radius 3 is 2.67 bits per heavy atom. The molecule has 68 valence electrons. The van der Waals surface area contributed by atoms with Gasteiger partial charge in [0.15, 0.2) is 0 Å². The molecule has 1 heterocycles. The third kappa shape index (κ3) is 1.52. The molecule has 12 heavy (non-hydrogen) atoms. The van der Waals surface area contributed by atoms with Crippen LogP contribution in [-0.2, 0) is 5.41 Å². The molecular formula is C9H14FNS. The van der Waals surface area contributed by atoms with Gasteiger partial charge in [0, 0.05) is 16.8 Å². The molecule has 0 saturated heterocycles. The summed E-state index contributed by atoms with van der Waals surface area (Å²) in [6.45, 7) is 3.84. The largest absolute Gasteiger partial charge is 0.329 e. The standard InChI is InChI=1S/C9H14FNS/c1-7-3-4-12-8(7)9(2,5-10)6-11/h3-4H,5-6,11H2,1-2H3. The van der Waals surface area contributed by atoms with Crippen molar-refractivity contribution in [3.8, 4) is 0 Å². The van der Waals surface area contributed by atoms with Crippen LogP contribution in [-0.4, -0.2) is 13.2 Å². The lowest BCUT2D eigenvalue weighted by Gasteiger charge is -2.23. The maximum absolute atomic E-state index is 12.7. The zero-order valence-corrected chi connectivity index (χ0v) is 8.25. The van der Waals surface area contributed by atoms with Crippen molar-refractivity contribution >= 4 is 11.3 Å². The Labute approximate surface area is 76.4 Å². The first-order valence-electron chi connectivity index (χ1n) is 3.94. The second-order valence-electron chi connectivity index (χ2n) is 3.33. The molecule has 1 unspecified atom stereocenters. The van der Waals surface area contributed by atoms with E-state index in [0.717, 1.165) is 10.4 Å². The van der Waals surface area contributed by atoms with Gasteiger partial charge in [-0.05, 0) is 23.9 Å². The summed E-state index contributed by atoms with van der Waals surface area (Å²) in [6.07, 6.45) is 0. The van der Waals surface area contributed by atoms with Crippen molar-refractivity contribution in [2.45, 2.75) is 19.3 Å². The van der Waals surface area contributed by atoms with E-state index in [2.05, 4.69) is 0 Å². The van der Waals surface area contributed by atoms with E-state index in [1.165, 1.54) is 0 Å². The van der Waals surface area contributed by atoms with Crippen molar-refractivity contribution in [2.24, 2.45) is 5.73 Å². The van der Waals surface area contributed by atoms with Crippen LogP contribution in [0, 0.1) is 6.92 Å². The highest BCUT2D eigenvalue weighted by Crippen LogP contribution is 2.30. The summed E-state index contributed by atoms with van der Waals surface area (Å²) in [7, 11) is 0. The Balaban J connectivity index is 3.02. The molecule has 0 radical (unpaired) electrons. The lowest BCUT2D eigenvalue weighted by Crippen LogP contribution is -2.33. The summed E-state index contributed by atoms with van der Waals surface area (Å²) >= 11 is 1.59. The van der Waals surface area contributed by atoms with Gasteiger partial charge in [0.25, 0.3) is 0 Å². The predicted molar refractivity (Wildman–Crippen MR) is 51.4 cm³/mol. The molecule has 0 spiro atoms. The van der Waals surface area contributed by atoms with Gasteiger partial charge in [-0.1, -0.05) is 6.92 Å². The number of thiophene rings is 1. The number of rotatable bonds is 3. The van der Waals surface area contributed by atoms with Crippen molar-refractivity contribution in [2.75, 3.05) is 13.2 Å². The zero-order chi connectivity index (χ0) is 9.19. The van der Waals surface area contributed by atoms with Gasteiger partial charge in [-0.2, -0.15) is 0 Å². The first-order valence-corrected chi connectivity index (χ1v) is 4.82. The Morgan fingerprint density at radius 1 is 1.67 bits per heavy atom. The molecule has 0 aliphatic heterocycles. The van der Waals surface area contributed by atoms with Crippen molar-refractivity contribution in [1.29, 1.82) is 0 Å². The topological polar surface area (TPSA) is 26.0 Å². The Hall–Kier alpha value is -0.410. The van der Waals surface area contributed by atoms with Gasteiger partial charge in [0.1, 0.15) is 6.67 Å². The van der Waals surface area contributed by atoms with E-state index in [-0.39, 0.29) is 6.67 Å². The quantitative estimate of drug-likeness (QED) is 0.771. The van der Waals surface area contributed by atoms with Crippen LogP contribution in [0.2, 0.25) is 0 Å². The summed E-state index contributed by atoms with van der Waals surface area (Å²) in [5, 5.41) is 1.98. The minimum atomic E-state index is -0.474. The summed E-state index contributed by atoms with van der Waals surface area (Å²) in [4.78, 5) is 1.08. The predicted octanol–water partition coefficient (Wildman–Crippen LogP) is 2.24. The van der Waals surface area contributed by atoms with E-state index in [4.69, 9.17) is 5.73 Å². The minimum Gasteiger partial charge on any atom is -0.329 e. The normalized spacial score (nSPS) is 16.0. The Morgan fingerprint density at radius 2 is 2.33 bits per heavy atom. The zero-order valence-electron chi connectivity index (χ0n) is 7.43. The van der Waals surface area contributed by atoms with Crippen LogP contribution in [0.5, 0.6) is 0 Å². The third-order valence-corrected chi connectivity index (χ3v) is 3.48. The second-order valence-corrected chi connectivity index (χ2v) is 4.25. The molecule has 1 atom stereocenters. The lowest BCUT2D eigenvalue weighted by atomic mass is 9.89. The molecule has 0 saturated carbocycles. The third-order valence-electron chi connectivity index (χ3n) is 2.16. The molecule has 0 amide bonds. The number of hydrogen-bond donors (Lipinski definition) is 1. The van der Waals surface area contributed by atoms with Gasteiger partial charge in [0.05, 0.1) is 0 Å². The maximum Gasteiger partial charge on any atom is 0.101 e. The monoisotopic (exact) mass is 187 g/mol. The maximum atomic E-state index is 12.7. The van der Waals surface area contributed by atoms with E-state index in [9.17, 15) is 4.39 Å². The first kappa shape index (κ1) is 9.68. The number of nitrogens with two attached hydrogens (primary N) is 1. The summed E-state index contributed by atoms with van der Waals surface area (Å²) in [5.74, 6) is 0. The highest BCUT2D eigenvalue weighted by atomic mass is 32.1. The minimum absolute atomic E-state index is 0.366. The number of hydrogen-bond acceptors (Lipinski definition) is 2. The van der Waals surface area contributed by atoms with E-state index in [1.54, 1.807) is 11.3 Å². The van der Waals surface area contributed by atoms with Crippen LogP contribution in [0.15, 0.2) is 11.4 Å². The average molecular weight is 187 g/mol. The molecular weight excluding hydrogens is 173 g/mol. The molecule has 0 aliphatic rings. The van der Waals surface area contributed by atoms with Gasteiger partial charge >= 0.3 is 0 Å². The van der Waals surface area contributed by atoms with Gasteiger partial charge in [-0.3, -0.25) is 4.39 Å². The summed E-state index contributed by atoms with van der Waals surface area (Å²) in [5.41, 5.74) is 6.21. The van der Waals surface area contributed by atoms with Gasteiger partial charge < -0.3 is 5.73 Å². The van der Waals surface area contributed by atoms with Crippen LogP contribution in [0.1, 0.15) is 17.4 Å². The first-order chi connectivity index (χ1) is 5.64. The second kappa shape index (κ2) is 3.54. The van der Waals surface area contributed by atoms with E-state index in [0.29, 0.717) is 6.54 Å². The van der Waals surface area contributed by atoms with Crippen LogP contribution < -0.4 is 5.73 Å². The molecule has 0 bridgehead atoms. The molecule has 0 fully saturated rings. The molecule has 1 rings (SSSR count). The van der Waals surface area contributed by atoms with Crippen LogP contribution in [0.25, 0.3) is 0 Å². The number of alkyl halides is 1. The van der Waals surface area contributed by atoms with E-state index < -0.39 is 5.41 Å². The van der Waals surface area contributed by atoms with Gasteiger partial charge in [-0.15, -0.1) is 11.3 Å². The molecule has 1 nitrogen and oxygen atoms in total. The van der Waals surface area contributed by atoms with Crippen LogP contribution >= 0.6 is 11.3 Å². The summed E-state index contributed by atoms with van der Waals surface area (Å²) < 4.78 is 12.7. The van der Waals surface area contributed by atoms with Crippen molar-refractivity contribution in [3.63, 3.8) is 0 Å². The SMILES string of the molecule is Cc1ccsc1C(C)(CN)CF. The smallest absolute Gasteiger partial charge is 0.101 e. The molecule has 3 heteroatoms. The fourth-order valence-electron chi connectivity index (χ4n) is 1.20. The van der Waals surface area contributed by atoms with Gasteiger partial charge in [0.2, 0.25) is 0 Å². The molecule has 0 aliphatic carbocycles. The highest BCUT2D eigenvalue weighted by molar-refractivity contribution is 7.10. The van der Waals surface area contributed by atoms with Crippen LogP contribution in [0.3, 0.4) is 0 Å². The highest BCUT2D eigenvalue weighted by Gasteiger charge is 2.27. The Bertz CT molecular complexity index is 253. The summed E-state index contributed by atoms with van der Waals surface area (Å²) in [6, 6.07) is 2.00. The Kier molecular flexibility index (Phi) is 2.85. The fourth-order valence-corrected chi connectivity index (χ4v) is 2.28. The van der Waals surface area contributed by atoms with Crippen molar-refractivity contribution < 1.29 is 4.39 Å².